The maximum absolute atomic E-state index is 15.4. The van der Waals surface area contributed by atoms with Crippen LogP contribution in [0.5, 0.6) is 0 Å². The molecule has 0 radical (unpaired) electrons. The number of aliphatic hydroxyl groups is 1. The molecule has 1 amide bonds. The lowest BCUT2D eigenvalue weighted by atomic mass is 9.87. The summed E-state index contributed by atoms with van der Waals surface area (Å²) in [6.07, 6.45) is 1.48. The molecule has 158 valence electrons. The largest absolute Gasteiger partial charge is 0.385 e. The van der Waals surface area contributed by atoms with Crippen molar-refractivity contribution < 1.29 is 14.3 Å². The Morgan fingerprint density at radius 3 is 2.77 bits per heavy atom. The molecule has 30 heavy (non-hydrogen) atoms. The van der Waals surface area contributed by atoms with Gasteiger partial charge in [-0.3, -0.25) is 4.79 Å². The number of benzene rings is 2. The SMILES string of the molecule is C[C@H](N)C1(O)CN(C(=O)c2cc3c(ncn3C)c(F)c2Nc2ccc(Br)cc2Cl)C1. The average molecular weight is 497 g/mol. The van der Waals surface area contributed by atoms with E-state index in [-0.39, 0.29) is 29.9 Å². The molecule has 4 rings (SSSR count). The first kappa shape index (κ1) is 21.0. The van der Waals surface area contributed by atoms with Crippen LogP contribution in [0.15, 0.2) is 35.1 Å². The van der Waals surface area contributed by atoms with Gasteiger partial charge in [0.1, 0.15) is 11.1 Å². The number of aryl methyl sites for hydroxylation is 1. The highest BCUT2D eigenvalue weighted by atomic mass is 79.9. The first-order valence-electron chi connectivity index (χ1n) is 9.23. The van der Waals surface area contributed by atoms with Crippen LogP contribution in [0, 0.1) is 5.82 Å². The Balaban J connectivity index is 1.78. The lowest BCUT2D eigenvalue weighted by molar-refractivity contribution is -0.0931. The predicted molar refractivity (Wildman–Crippen MR) is 118 cm³/mol. The third kappa shape index (κ3) is 3.45. The third-order valence-corrected chi connectivity index (χ3v) is 6.25. The van der Waals surface area contributed by atoms with Gasteiger partial charge in [-0.05, 0) is 31.2 Å². The van der Waals surface area contributed by atoms with Gasteiger partial charge in [0.2, 0.25) is 0 Å². The van der Waals surface area contributed by atoms with Gasteiger partial charge in [-0.2, -0.15) is 0 Å². The summed E-state index contributed by atoms with van der Waals surface area (Å²) in [7, 11) is 1.72. The molecule has 0 aliphatic carbocycles. The van der Waals surface area contributed by atoms with E-state index >= 15 is 4.39 Å². The number of β-amino-alcohol motifs (C(OH)–C–C–N with tert-alkyl or cyclic N) is 1. The Hall–Kier alpha value is -2.20. The number of nitrogens with one attached hydrogen (secondary N) is 1. The van der Waals surface area contributed by atoms with Crippen LogP contribution in [0.3, 0.4) is 0 Å². The lowest BCUT2D eigenvalue weighted by Crippen LogP contribution is -2.70. The number of hydrogen-bond donors (Lipinski definition) is 3. The number of halogens is 3. The second-order valence-corrected chi connectivity index (χ2v) is 8.96. The van der Waals surface area contributed by atoms with Crippen molar-refractivity contribution in [2.45, 2.75) is 18.6 Å². The summed E-state index contributed by atoms with van der Waals surface area (Å²) >= 11 is 9.62. The minimum absolute atomic E-state index is 0.0216. The van der Waals surface area contributed by atoms with Crippen molar-refractivity contribution in [2.75, 3.05) is 18.4 Å². The molecule has 4 N–H and O–H groups in total. The van der Waals surface area contributed by atoms with Crippen molar-refractivity contribution in [3.63, 3.8) is 0 Å². The second kappa shape index (κ2) is 7.49. The first-order chi connectivity index (χ1) is 14.1. The molecule has 1 fully saturated rings. The zero-order valence-corrected chi connectivity index (χ0v) is 18.6. The molecule has 7 nitrogen and oxygen atoms in total. The molecule has 0 spiro atoms. The van der Waals surface area contributed by atoms with Crippen LogP contribution in [0.1, 0.15) is 17.3 Å². The predicted octanol–water partition coefficient (Wildman–Crippen LogP) is 3.41. The summed E-state index contributed by atoms with van der Waals surface area (Å²) < 4.78 is 17.8. The van der Waals surface area contributed by atoms with Crippen molar-refractivity contribution in [3.05, 3.63) is 51.5 Å². The van der Waals surface area contributed by atoms with Crippen LogP contribution in [-0.4, -0.2) is 50.2 Å². The molecular formula is C20H20BrClFN5O2. The second-order valence-electron chi connectivity index (χ2n) is 7.64. The van der Waals surface area contributed by atoms with Crippen LogP contribution in [-0.2, 0) is 7.05 Å². The van der Waals surface area contributed by atoms with Crippen molar-refractivity contribution >= 4 is 55.8 Å². The molecule has 1 atom stereocenters. The third-order valence-electron chi connectivity index (χ3n) is 5.45. The molecule has 1 aromatic heterocycles. The molecule has 0 saturated carbocycles. The van der Waals surface area contributed by atoms with E-state index in [4.69, 9.17) is 17.3 Å². The van der Waals surface area contributed by atoms with Crippen molar-refractivity contribution in [1.82, 2.24) is 14.5 Å². The average Bonchev–Trinajstić information content (AvgIpc) is 3.03. The first-order valence-corrected chi connectivity index (χ1v) is 10.4. The summed E-state index contributed by atoms with van der Waals surface area (Å²) in [6, 6.07) is 6.20. The van der Waals surface area contributed by atoms with E-state index in [0.717, 1.165) is 4.47 Å². The summed E-state index contributed by atoms with van der Waals surface area (Å²) in [5, 5.41) is 13.7. The van der Waals surface area contributed by atoms with Gasteiger partial charge in [0.05, 0.1) is 46.9 Å². The fourth-order valence-corrected chi connectivity index (χ4v) is 4.18. The molecule has 0 unspecified atom stereocenters. The van der Waals surface area contributed by atoms with E-state index in [0.29, 0.717) is 16.2 Å². The number of fused-ring (bicyclic) bond motifs is 1. The molecule has 10 heteroatoms. The van der Waals surface area contributed by atoms with Gasteiger partial charge >= 0.3 is 0 Å². The molecule has 1 saturated heterocycles. The summed E-state index contributed by atoms with van der Waals surface area (Å²) in [4.78, 5) is 18.8. The van der Waals surface area contributed by atoms with Crippen LogP contribution < -0.4 is 11.1 Å². The molecule has 1 aliphatic rings. The van der Waals surface area contributed by atoms with E-state index in [9.17, 15) is 9.90 Å². The number of nitrogens with two attached hydrogens (primary N) is 1. The highest BCUT2D eigenvalue weighted by Crippen LogP contribution is 2.36. The number of amides is 1. The van der Waals surface area contributed by atoms with Gasteiger partial charge in [-0.1, -0.05) is 27.5 Å². The number of imidazole rings is 1. The summed E-state index contributed by atoms with van der Waals surface area (Å²) in [5.41, 5.74) is 5.82. The number of hydrogen-bond acceptors (Lipinski definition) is 5. The number of anilines is 2. The molecule has 1 aliphatic heterocycles. The quantitative estimate of drug-likeness (QED) is 0.514. The van der Waals surface area contributed by atoms with Gasteiger partial charge in [-0.15, -0.1) is 0 Å². The van der Waals surface area contributed by atoms with E-state index in [1.807, 2.05) is 0 Å². The minimum Gasteiger partial charge on any atom is -0.385 e. The highest BCUT2D eigenvalue weighted by molar-refractivity contribution is 9.10. The Kier molecular flexibility index (Phi) is 5.26. The minimum atomic E-state index is -1.15. The molecule has 3 aromatic rings. The molecule has 0 bridgehead atoms. The number of rotatable bonds is 4. The fourth-order valence-electron chi connectivity index (χ4n) is 3.46. The lowest BCUT2D eigenvalue weighted by Gasteiger charge is -2.48. The maximum Gasteiger partial charge on any atom is 0.256 e. The number of nitrogens with zero attached hydrogens (tertiary/aromatic N) is 3. The number of carbonyl (C=O) groups excluding carboxylic acids is 1. The van der Waals surface area contributed by atoms with Crippen molar-refractivity contribution in [3.8, 4) is 0 Å². The summed E-state index contributed by atoms with van der Waals surface area (Å²) in [6.45, 7) is 1.84. The number of carbonyl (C=O) groups is 1. The van der Waals surface area contributed by atoms with Crippen LogP contribution in [0.4, 0.5) is 15.8 Å². The number of aromatic nitrogens is 2. The van der Waals surface area contributed by atoms with Crippen LogP contribution in [0.25, 0.3) is 11.0 Å². The fraction of sp³-hybridized carbons (Fsp3) is 0.300. The Labute approximate surface area is 185 Å². The Bertz CT molecular complexity index is 1160. The smallest absolute Gasteiger partial charge is 0.256 e. The van der Waals surface area contributed by atoms with Crippen LogP contribution >= 0.6 is 27.5 Å². The van der Waals surface area contributed by atoms with Gasteiger partial charge < -0.3 is 25.6 Å². The molecule has 2 heterocycles. The van der Waals surface area contributed by atoms with Gasteiger partial charge in [0, 0.05) is 17.6 Å². The maximum atomic E-state index is 15.4. The standard InChI is InChI=1S/C20H20BrClFN5O2/c1-10(24)20(30)7-28(8-20)19(29)12-6-15-18(25-9-27(15)2)16(23)17(12)26-14-4-3-11(21)5-13(14)22/h3-6,9-10,26,30H,7-8,24H2,1-2H3/t10-/m0/s1. The van der Waals surface area contributed by atoms with Gasteiger partial charge in [-0.25, -0.2) is 9.37 Å². The van der Waals surface area contributed by atoms with E-state index in [2.05, 4.69) is 26.2 Å². The zero-order chi connectivity index (χ0) is 21.8. The van der Waals surface area contributed by atoms with Crippen LogP contribution in [0.2, 0.25) is 5.02 Å². The van der Waals surface area contributed by atoms with E-state index < -0.39 is 23.4 Å². The van der Waals surface area contributed by atoms with Gasteiger partial charge in [0.25, 0.3) is 5.91 Å². The topological polar surface area (TPSA) is 96.4 Å². The highest BCUT2D eigenvalue weighted by Gasteiger charge is 2.47. The van der Waals surface area contributed by atoms with Gasteiger partial charge in [0.15, 0.2) is 5.82 Å². The summed E-state index contributed by atoms with van der Waals surface area (Å²) in [5.74, 6) is -1.07. The van der Waals surface area contributed by atoms with Crippen molar-refractivity contribution in [1.29, 1.82) is 0 Å². The van der Waals surface area contributed by atoms with Crippen molar-refractivity contribution in [2.24, 2.45) is 12.8 Å². The monoisotopic (exact) mass is 495 g/mol. The normalized spacial score (nSPS) is 16.4. The molecular weight excluding hydrogens is 477 g/mol. The van der Waals surface area contributed by atoms with E-state index in [1.54, 1.807) is 42.8 Å². The zero-order valence-electron chi connectivity index (χ0n) is 16.3. The molecule has 2 aromatic carbocycles. The Morgan fingerprint density at radius 2 is 2.13 bits per heavy atom. The number of likely N-dealkylation sites (tertiary alicyclic amines) is 1. The van der Waals surface area contributed by atoms with E-state index in [1.165, 1.54) is 11.2 Å². The Morgan fingerprint density at radius 1 is 1.43 bits per heavy atom.